The standard InChI is InChI=1S/C14H17N3O3/c1-10(14(19)20)13(18)15-7-4-8-17-9-16-11-5-2-3-6-12(11)17/h2-3,5-6,9-10H,4,7-8H2,1H3,(H,15,18)(H,19,20). The van der Waals surface area contributed by atoms with Gasteiger partial charge in [0.2, 0.25) is 5.91 Å². The van der Waals surface area contributed by atoms with Gasteiger partial charge in [-0.15, -0.1) is 0 Å². The fraction of sp³-hybridized carbons (Fsp3) is 0.357. The minimum absolute atomic E-state index is 0.447. The molecule has 0 radical (unpaired) electrons. The average molecular weight is 275 g/mol. The first-order chi connectivity index (χ1) is 9.59. The van der Waals surface area contributed by atoms with Gasteiger partial charge in [-0.3, -0.25) is 9.59 Å². The number of nitrogens with one attached hydrogen (secondary N) is 1. The lowest BCUT2D eigenvalue weighted by molar-refractivity contribution is -0.146. The van der Waals surface area contributed by atoms with Gasteiger partial charge in [-0.05, 0) is 25.5 Å². The van der Waals surface area contributed by atoms with E-state index in [1.165, 1.54) is 6.92 Å². The maximum atomic E-state index is 11.4. The first kappa shape index (κ1) is 14.0. The van der Waals surface area contributed by atoms with Crippen molar-refractivity contribution in [2.45, 2.75) is 19.9 Å². The van der Waals surface area contributed by atoms with Crippen molar-refractivity contribution in [2.75, 3.05) is 6.54 Å². The molecular formula is C14H17N3O3. The van der Waals surface area contributed by atoms with E-state index in [1.807, 2.05) is 28.8 Å². The predicted molar refractivity (Wildman–Crippen MR) is 74.2 cm³/mol. The van der Waals surface area contributed by atoms with E-state index in [2.05, 4.69) is 10.3 Å². The van der Waals surface area contributed by atoms with Crippen LogP contribution < -0.4 is 5.32 Å². The third kappa shape index (κ3) is 3.14. The minimum Gasteiger partial charge on any atom is -0.481 e. The summed E-state index contributed by atoms with van der Waals surface area (Å²) in [5, 5.41) is 11.3. The van der Waals surface area contributed by atoms with Crippen LogP contribution >= 0.6 is 0 Å². The lowest BCUT2D eigenvalue weighted by atomic mass is 10.2. The zero-order valence-corrected chi connectivity index (χ0v) is 11.2. The van der Waals surface area contributed by atoms with Crippen molar-refractivity contribution < 1.29 is 14.7 Å². The fourth-order valence-corrected chi connectivity index (χ4v) is 1.91. The number of para-hydroxylation sites is 2. The van der Waals surface area contributed by atoms with Crippen LogP contribution in [0.25, 0.3) is 11.0 Å². The Kier molecular flexibility index (Phi) is 4.34. The van der Waals surface area contributed by atoms with Crippen LogP contribution in [0.3, 0.4) is 0 Å². The Hall–Kier alpha value is -2.37. The van der Waals surface area contributed by atoms with E-state index in [1.54, 1.807) is 6.33 Å². The number of hydrogen-bond donors (Lipinski definition) is 2. The zero-order valence-electron chi connectivity index (χ0n) is 11.2. The number of carboxylic acids is 1. The largest absolute Gasteiger partial charge is 0.481 e. The quantitative estimate of drug-likeness (QED) is 0.614. The van der Waals surface area contributed by atoms with Crippen LogP contribution in [0, 0.1) is 5.92 Å². The van der Waals surface area contributed by atoms with Crippen molar-refractivity contribution in [3.05, 3.63) is 30.6 Å². The molecule has 1 heterocycles. The average Bonchev–Trinajstić information content (AvgIpc) is 2.85. The second-order valence-electron chi connectivity index (χ2n) is 4.63. The summed E-state index contributed by atoms with van der Waals surface area (Å²) < 4.78 is 2.02. The van der Waals surface area contributed by atoms with Crippen LogP contribution in [-0.4, -0.2) is 33.1 Å². The van der Waals surface area contributed by atoms with Crippen LogP contribution in [0.2, 0.25) is 0 Å². The van der Waals surface area contributed by atoms with E-state index in [0.29, 0.717) is 6.54 Å². The number of nitrogens with zero attached hydrogens (tertiary/aromatic N) is 2. The molecule has 0 fully saturated rings. The molecule has 2 N–H and O–H groups in total. The summed E-state index contributed by atoms with van der Waals surface area (Å²) in [4.78, 5) is 26.4. The number of rotatable bonds is 6. The summed E-state index contributed by atoms with van der Waals surface area (Å²) in [6.07, 6.45) is 2.49. The molecule has 1 aromatic heterocycles. The summed E-state index contributed by atoms with van der Waals surface area (Å²) >= 11 is 0. The van der Waals surface area contributed by atoms with Gasteiger partial charge in [0.15, 0.2) is 0 Å². The van der Waals surface area contributed by atoms with Crippen molar-refractivity contribution in [1.82, 2.24) is 14.9 Å². The highest BCUT2D eigenvalue weighted by molar-refractivity contribution is 5.96. The molecule has 0 aliphatic carbocycles. The maximum Gasteiger partial charge on any atom is 0.315 e. The van der Waals surface area contributed by atoms with Gasteiger partial charge in [-0.2, -0.15) is 0 Å². The highest BCUT2D eigenvalue weighted by Crippen LogP contribution is 2.11. The van der Waals surface area contributed by atoms with Crippen molar-refractivity contribution in [1.29, 1.82) is 0 Å². The van der Waals surface area contributed by atoms with Gasteiger partial charge >= 0.3 is 5.97 Å². The lowest BCUT2D eigenvalue weighted by Crippen LogP contribution is -2.34. The monoisotopic (exact) mass is 275 g/mol. The summed E-state index contributed by atoms with van der Waals surface area (Å²) in [5.74, 6) is -2.57. The Balaban J connectivity index is 1.82. The van der Waals surface area contributed by atoms with Crippen LogP contribution in [0.4, 0.5) is 0 Å². The normalized spacial score (nSPS) is 12.2. The smallest absolute Gasteiger partial charge is 0.315 e. The molecule has 6 nitrogen and oxygen atoms in total. The van der Waals surface area contributed by atoms with Crippen LogP contribution in [0.15, 0.2) is 30.6 Å². The second-order valence-corrected chi connectivity index (χ2v) is 4.63. The molecular weight excluding hydrogens is 258 g/mol. The SMILES string of the molecule is CC(C(=O)O)C(=O)NCCCn1cnc2ccccc21. The topological polar surface area (TPSA) is 84.2 Å². The molecule has 1 unspecified atom stereocenters. The first-order valence-electron chi connectivity index (χ1n) is 6.50. The summed E-state index contributed by atoms with van der Waals surface area (Å²) in [5.41, 5.74) is 1.99. The number of carboxylic acid groups (broad SMARTS) is 1. The molecule has 6 heteroatoms. The van der Waals surface area contributed by atoms with E-state index in [0.717, 1.165) is 24.0 Å². The summed E-state index contributed by atoms with van der Waals surface area (Å²) in [6, 6.07) is 7.83. The summed E-state index contributed by atoms with van der Waals surface area (Å²) in [7, 11) is 0. The van der Waals surface area contributed by atoms with E-state index < -0.39 is 17.8 Å². The number of aliphatic carboxylic acids is 1. The molecule has 0 aliphatic heterocycles. The Morgan fingerprint density at radius 1 is 1.40 bits per heavy atom. The van der Waals surface area contributed by atoms with E-state index in [-0.39, 0.29) is 0 Å². The van der Waals surface area contributed by atoms with Crippen molar-refractivity contribution >= 4 is 22.9 Å². The Morgan fingerprint density at radius 2 is 2.15 bits per heavy atom. The Labute approximate surface area is 116 Å². The number of hydrogen-bond acceptors (Lipinski definition) is 3. The molecule has 106 valence electrons. The van der Waals surface area contributed by atoms with Crippen LogP contribution in [0.5, 0.6) is 0 Å². The van der Waals surface area contributed by atoms with Crippen molar-refractivity contribution in [3.63, 3.8) is 0 Å². The molecule has 2 aromatic rings. The van der Waals surface area contributed by atoms with Gasteiger partial charge in [0.05, 0.1) is 17.4 Å². The lowest BCUT2D eigenvalue weighted by Gasteiger charge is -2.08. The number of imidazole rings is 1. The molecule has 1 atom stereocenters. The van der Waals surface area contributed by atoms with Gasteiger partial charge in [0.1, 0.15) is 5.92 Å². The highest BCUT2D eigenvalue weighted by Gasteiger charge is 2.19. The fourth-order valence-electron chi connectivity index (χ4n) is 1.91. The molecule has 0 bridgehead atoms. The van der Waals surface area contributed by atoms with E-state index in [9.17, 15) is 9.59 Å². The maximum absolute atomic E-state index is 11.4. The number of amides is 1. The first-order valence-corrected chi connectivity index (χ1v) is 6.50. The number of aromatic nitrogens is 2. The molecule has 20 heavy (non-hydrogen) atoms. The second kappa shape index (κ2) is 6.18. The highest BCUT2D eigenvalue weighted by atomic mass is 16.4. The third-order valence-corrected chi connectivity index (χ3v) is 3.17. The summed E-state index contributed by atoms with van der Waals surface area (Å²) in [6.45, 7) is 2.55. The zero-order chi connectivity index (χ0) is 14.5. The molecule has 1 amide bonds. The molecule has 0 aliphatic rings. The number of benzene rings is 1. The molecule has 0 saturated carbocycles. The number of fused-ring (bicyclic) bond motifs is 1. The van der Waals surface area contributed by atoms with E-state index >= 15 is 0 Å². The van der Waals surface area contributed by atoms with Gasteiger partial charge in [-0.25, -0.2) is 4.98 Å². The number of carbonyl (C=O) groups is 2. The van der Waals surface area contributed by atoms with Crippen LogP contribution in [0.1, 0.15) is 13.3 Å². The van der Waals surface area contributed by atoms with Crippen molar-refractivity contribution in [2.24, 2.45) is 5.92 Å². The molecule has 0 spiro atoms. The number of aryl methyl sites for hydroxylation is 1. The third-order valence-electron chi connectivity index (χ3n) is 3.17. The van der Waals surface area contributed by atoms with E-state index in [4.69, 9.17) is 5.11 Å². The van der Waals surface area contributed by atoms with Crippen molar-refractivity contribution in [3.8, 4) is 0 Å². The minimum atomic E-state index is -1.11. The molecule has 1 aromatic carbocycles. The molecule has 2 rings (SSSR count). The number of carbonyl (C=O) groups excluding carboxylic acids is 1. The molecule has 0 saturated heterocycles. The predicted octanol–water partition coefficient (Wildman–Crippen LogP) is 1.26. The van der Waals surface area contributed by atoms with Gasteiger partial charge in [-0.1, -0.05) is 12.1 Å². The Bertz CT molecular complexity index is 621. The van der Waals surface area contributed by atoms with Gasteiger partial charge in [0.25, 0.3) is 0 Å². The van der Waals surface area contributed by atoms with Gasteiger partial charge in [0, 0.05) is 13.1 Å². The van der Waals surface area contributed by atoms with Crippen LogP contribution in [-0.2, 0) is 16.1 Å². The van der Waals surface area contributed by atoms with Gasteiger partial charge < -0.3 is 15.0 Å². The Morgan fingerprint density at radius 3 is 2.90 bits per heavy atom.